The summed E-state index contributed by atoms with van der Waals surface area (Å²) in [7, 11) is 0. The zero-order valence-corrected chi connectivity index (χ0v) is 13.5. The van der Waals surface area contributed by atoms with E-state index in [1.54, 1.807) is 23.4 Å². The van der Waals surface area contributed by atoms with E-state index in [0.717, 1.165) is 5.56 Å². The summed E-state index contributed by atoms with van der Waals surface area (Å²) in [5.41, 5.74) is 1.26. The summed E-state index contributed by atoms with van der Waals surface area (Å²) >= 11 is 3.31. The van der Waals surface area contributed by atoms with Gasteiger partial charge < -0.3 is 4.90 Å². The molecule has 0 aliphatic heterocycles. The van der Waals surface area contributed by atoms with Crippen LogP contribution in [0.3, 0.4) is 0 Å². The number of rotatable bonds is 4. The third-order valence-corrected chi connectivity index (χ3v) is 3.81. The highest BCUT2D eigenvalue weighted by Crippen LogP contribution is 2.21. The van der Waals surface area contributed by atoms with Crippen molar-refractivity contribution in [3.05, 3.63) is 64.1 Å². The standard InChI is InChI=1S/C16H16BrFN2O/c1-11(2)20(10-12-4-3-7-19-9-12)16(21)14-8-13(18)5-6-15(14)17/h3-9,11H,10H2,1-2H3. The minimum Gasteiger partial charge on any atom is -0.332 e. The minimum atomic E-state index is -0.424. The van der Waals surface area contributed by atoms with Crippen molar-refractivity contribution in [2.24, 2.45) is 0 Å². The number of benzene rings is 1. The van der Waals surface area contributed by atoms with E-state index < -0.39 is 5.82 Å². The summed E-state index contributed by atoms with van der Waals surface area (Å²) in [5, 5.41) is 0. The summed E-state index contributed by atoms with van der Waals surface area (Å²) in [6, 6.07) is 7.86. The second kappa shape index (κ2) is 6.80. The summed E-state index contributed by atoms with van der Waals surface area (Å²) in [6.07, 6.45) is 3.41. The lowest BCUT2D eigenvalue weighted by atomic mass is 10.1. The zero-order valence-electron chi connectivity index (χ0n) is 11.9. The first-order chi connectivity index (χ1) is 9.99. The molecule has 110 valence electrons. The summed E-state index contributed by atoms with van der Waals surface area (Å²) in [5.74, 6) is -0.633. The molecular formula is C16H16BrFN2O. The summed E-state index contributed by atoms with van der Waals surface area (Å²) in [6.45, 7) is 4.30. The van der Waals surface area contributed by atoms with E-state index in [-0.39, 0.29) is 11.9 Å². The number of amides is 1. The molecular weight excluding hydrogens is 335 g/mol. The molecule has 1 aromatic heterocycles. The van der Waals surface area contributed by atoms with Gasteiger partial charge in [0.25, 0.3) is 5.91 Å². The molecule has 0 aliphatic rings. The average Bonchev–Trinajstić information content (AvgIpc) is 2.47. The molecule has 0 spiro atoms. The topological polar surface area (TPSA) is 33.2 Å². The Kier molecular flexibility index (Phi) is 5.07. The molecule has 0 saturated heterocycles. The fourth-order valence-electron chi connectivity index (χ4n) is 1.99. The van der Waals surface area contributed by atoms with Crippen LogP contribution in [-0.4, -0.2) is 21.8 Å². The first kappa shape index (κ1) is 15.6. The van der Waals surface area contributed by atoms with Gasteiger partial charge in [-0.15, -0.1) is 0 Å². The van der Waals surface area contributed by atoms with Crippen molar-refractivity contribution in [3.8, 4) is 0 Å². The van der Waals surface area contributed by atoms with Gasteiger partial charge in [0.2, 0.25) is 0 Å². The molecule has 3 nitrogen and oxygen atoms in total. The van der Waals surface area contributed by atoms with E-state index >= 15 is 0 Å². The van der Waals surface area contributed by atoms with Crippen molar-refractivity contribution in [2.45, 2.75) is 26.4 Å². The Labute approximate surface area is 131 Å². The van der Waals surface area contributed by atoms with Gasteiger partial charge >= 0.3 is 0 Å². The van der Waals surface area contributed by atoms with E-state index in [4.69, 9.17) is 0 Å². The number of aromatic nitrogens is 1. The van der Waals surface area contributed by atoms with Gasteiger partial charge in [0, 0.05) is 29.5 Å². The van der Waals surface area contributed by atoms with Gasteiger partial charge in [-0.2, -0.15) is 0 Å². The predicted molar refractivity (Wildman–Crippen MR) is 83.3 cm³/mol. The molecule has 0 atom stereocenters. The van der Waals surface area contributed by atoms with Crippen LogP contribution in [0.4, 0.5) is 4.39 Å². The summed E-state index contributed by atoms with van der Waals surface area (Å²) < 4.78 is 14.0. The smallest absolute Gasteiger partial charge is 0.255 e. The molecule has 21 heavy (non-hydrogen) atoms. The fourth-order valence-corrected chi connectivity index (χ4v) is 2.41. The molecule has 0 N–H and O–H groups in total. The molecule has 0 unspecified atom stereocenters. The number of carbonyl (C=O) groups excluding carboxylic acids is 1. The number of carbonyl (C=O) groups is 1. The molecule has 1 heterocycles. The van der Waals surface area contributed by atoms with Crippen molar-refractivity contribution in [1.29, 1.82) is 0 Å². The van der Waals surface area contributed by atoms with Crippen LogP contribution in [0.15, 0.2) is 47.2 Å². The summed E-state index contributed by atoms with van der Waals surface area (Å²) in [4.78, 5) is 18.4. The molecule has 2 aromatic rings. The van der Waals surface area contributed by atoms with Gasteiger partial charge in [0.05, 0.1) is 5.56 Å². The number of hydrogen-bond acceptors (Lipinski definition) is 2. The van der Waals surface area contributed by atoms with E-state index in [9.17, 15) is 9.18 Å². The highest BCUT2D eigenvalue weighted by molar-refractivity contribution is 9.10. The highest BCUT2D eigenvalue weighted by Gasteiger charge is 2.21. The third kappa shape index (κ3) is 3.88. The Hall–Kier alpha value is -1.75. The van der Waals surface area contributed by atoms with Gasteiger partial charge in [0.1, 0.15) is 5.82 Å². The lowest BCUT2D eigenvalue weighted by molar-refractivity contribution is 0.0688. The van der Waals surface area contributed by atoms with Crippen LogP contribution >= 0.6 is 15.9 Å². The number of pyridine rings is 1. The Morgan fingerprint density at radius 1 is 1.38 bits per heavy atom. The van der Waals surface area contributed by atoms with E-state index in [2.05, 4.69) is 20.9 Å². The van der Waals surface area contributed by atoms with Crippen LogP contribution in [0.2, 0.25) is 0 Å². The monoisotopic (exact) mass is 350 g/mol. The lowest BCUT2D eigenvalue weighted by Gasteiger charge is -2.27. The zero-order chi connectivity index (χ0) is 15.4. The van der Waals surface area contributed by atoms with Gasteiger partial charge in [-0.1, -0.05) is 6.07 Å². The first-order valence-corrected chi connectivity index (χ1v) is 7.43. The van der Waals surface area contributed by atoms with Crippen LogP contribution in [-0.2, 0) is 6.54 Å². The SMILES string of the molecule is CC(C)N(Cc1cccnc1)C(=O)c1cc(F)ccc1Br. The van der Waals surface area contributed by atoms with Crippen molar-refractivity contribution in [2.75, 3.05) is 0 Å². The minimum absolute atomic E-state index is 0.00660. The second-order valence-electron chi connectivity index (χ2n) is 5.01. The predicted octanol–water partition coefficient (Wildman–Crippen LogP) is 4.03. The van der Waals surface area contributed by atoms with Gasteiger partial charge in [-0.25, -0.2) is 4.39 Å². The Morgan fingerprint density at radius 3 is 2.76 bits per heavy atom. The Morgan fingerprint density at radius 2 is 2.14 bits per heavy atom. The van der Waals surface area contributed by atoms with E-state index in [1.807, 2.05) is 26.0 Å². The highest BCUT2D eigenvalue weighted by atomic mass is 79.9. The number of hydrogen-bond donors (Lipinski definition) is 0. The quantitative estimate of drug-likeness (QED) is 0.833. The second-order valence-corrected chi connectivity index (χ2v) is 5.87. The van der Waals surface area contributed by atoms with Crippen molar-refractivity contribution < 1.29 is 9.18 Å². The van der Waals surface area contributed by atoms with Gasteiger partial charge in [-0.3, -0.25) is 9.78 Å². The maximum absolute atomic E-state index is 13.4. The fraction of sp³-hybridized carbons (Fsp3) is 0.250. The molecule has 1 aromatic carbocycles. The van der Waals surface area contributed by atoms with Crippen molar-refractivity contribution in [1.82, 2.24) is 9.88 Å². The van der Waals surface area contributed by atoms with Crippen LogP contribution in [0.5, 0.6) is 0 Å². The van der Waals surface area contributed by atoms with Crippen LogP contribution in [0.1, 0.15) is 29.8 Å². The number of halogens is 2. The molecule has 2 rings (SSSR count). The average molecular weight is 351 g/mol. The van der Waals surface area contributed by atoms with Crippen LogP contribution in [0, 0.1) is 5.82 Å². The van der Waals surface area contributed by atoms with Gasteiger partial charge in [-0.05, 0) is 59.6 Å². The lowest BCUT2D eigenvalue weighted by Crippen LogP contribution is -2.36. The third-order valence-electron chi connectivity index (χ3n) is 3.12. The molecule has 0 radical (unpaired) electrons. The molecule has 0 saturated carbocycles. The first-order valence-electron chi connectivity index (χ1n) is 6.64. The van der Waals surface area contributed by atoms with Crippen molar-refractivity contribution in [3.63, 3.8) is 0 Å². The molecule has 5 heteroatoms. The maximum Gasteiger partial charge on any atom is 0.255 e. The molecule has 0 bridgehead atoms. The Bertz CT molecular complexity index is 631. The normalized spacial score (nSPS) is 10.7. The van der Waals surface area contributed by atoms with E-state index in [0.29, 0.717) is 16.6 Å². The molecule has 1 amide bonds. The Balaban J connectivity index is 2.30. The molecule has 0 aliphatic carbocycles. The maximum atomic E-state index is 13.4. The van der Waals surface area contributed by atoms with Gasteiger partial charge in [0.15, 0.2) is 0 Å². The molecule has 0 fully saturated rings. The van der Waals surface area contributed by atoms with Crippen LogP contribution < -0.4 is 0 Å². The largest absolute Gasteiger partial charge is 0.332 e. The van der Waals surface area contributed by atoms with E-state index in [1.165, 1.54) is 12.1 Å². The van der Waals surface area contributed by atoms with Crippen molar-refractivity contribution >= 4 is 21.8 Å². The number of nitrogens with zero attached hydrogens (tertiary/aromatic N) is 2. The van der Waals surface area contributed by atoms with Crippen LogP contribution in [0.25, 0.3) is 0 Å².